The number of rotatable bonds is 2. The van der Waals surface area contributed by atoms with Gasteiger partial charge in [0.05, 0.1) is 5.92 Å². The molecule has 0 radical (unpaired) electrons. The molecule has 86 valence electrons. The first-order chi connectivity index (χ1) is 7.58. The number of aryl methyl sites for hydroxylation is 1. The van der Waals surface area contributed by atoms with Crippen molar-refractivity contribution in [2.24, 2.45) is 11.7 Å². The molecule has 0 aliphatic carbocycles. The van der Waals surface area contributed by atoms with Crippen molar-refractivity contribution in [3.05, 3.63) is 28.0 Å². The largest absolute Gasteiger partial charge is 0.369 e. The van der Waals surface area contributed by atoms with Gasteiger partial charge in [-0.25, -0.2) is 0 Å². The monoisotopic (exact) mass is 221 g/mol. The summed E-state index contributed by atoms with van der Waals surface area (Å²) >= 11 is 0. The average molecular weight is 221 g/mol. The van der Waals surface area contributed by atoms with Gasteiger partial charge in [0.25, 0.3) is 5.56 Å². The van der Waals surface area contributed by atoms with Gasteiger partial charge in [-0.05, 0) is 19.4 Å². The van der Waals surface area contributed by atoms with Crippen LogP contribution in [0.15, 0.2) is 16.9 Å². The quantitative estimate of drug-likeness (QED) is 0.737. The van der Waals surface area contributed by atoms with Crippen LogP contribution in [0.2, 0.25) is 0 Å². The lowest BCUT2D eigenvalue weighted by atomic mass is 10.1. The number of amides is 1. The van der Waals surface area contributed by atoms with Crippen molar-refractivity contribution in [1.29, 1.82) is 0 Å². The maximum atomic E-state index is 11.4. The summed E-state index contributed by atoms with van der Waals surface area (Å²) in [5.41, 5.74) is 5.86. The van der Waals surface area contributed by atoms with Crippen molar-refractivity contribution in [3.63, 3.8) is 0 Å². The Morgan fingerprint density at radius 2 is 2.31 bits per heavy atom. The first kappa shape index (κ1) is 10.7. The van der Waals surface area contributed by atoms with Crippen LogP contribution >= 0.6 is 0 Å². The minimum Gasteiger partial charge on any atom is -0.369 e. The molecule has 2 rings (SSSR count). The van der Waals surface area contributed by atoms with Crippen LogP contribution in [0, 0.1) is 12.8 Å². The second-order valence-electron chi connectivity index (χ2n) is 4.19. The van der Waals surface area contributed by atoms with E-state index in [1.165, 1.54) is 0 Å². The van der Waals surface area contributed by atoms with E-state index in [4.69, 9.17) is 5.73 Å². The van der Waals surface area contributed by atoms with E-state index < -0.39 is 0 Å². The summed E-state index contributed by atoms with van der Waals surface area (Å²) in [7, 11) is 0. The molecule has 3 N–H and O–H groups in total. The zero-order valence-electron chi connectivity index (χ0n) is 9.19. The van der Waals surface area contributed by atoms with E-state index >= 15 is 0 Å². The number of pyridine rings is 1. The molecule has 1 atom stereocenters. The highest BCUT2D eigenvalue weighted by Gasteiger charge is 2.27. The third-order valence-electron chi connectivity index (χ3n) is 3.02. The zero-order valence-corrected chi connectivity index (χ0v) is 9.19. The van der Waals surface area contributed by atoms with Crippen LogP contribution in [0.3, 0.4) is 0 Å². The van der Waals surface area contributed by atoms with Gasteiger partial charge in [-0.2, -0.15) is 0 Å². The number of aromatic nitrogens is 1. The van der Waals surface area contributed by atoms with Gasteiger partial charge in [0.1, 0.15) is 5.82 Å². The van der Waals surface area contributed by atoms with Gasteiger partial charge in [-0.15, -0.1) is 0 Å². The average Bonchev–Trinajstić information content (AvgIpc) is 2.71. The topological polar surface area (TPSA) is 79.2 Å². The SMILES string of the molecule is Cc1ccc(N2CCC(C(N)=O)C2)[nH]c1=O. The molecular formula is C11H15N3O2. The number of anilines is 1. The molecule has 1 unspecified atom stereocenters. The van der Waals surface area contributed by atoms with Gasteiger partial charge in [-0.3, -0.25) is 9.59 Å². The number of nitrogens with zero attached hydrogens (tertiary/aromatic N) is 1. The third-order valence-corrected chi connectivity index (χ3v) is 3.02. The second kappa shape index (κ2) is 4.00. The van der Waals surface area contributed by atoms with Crippen LogP contribution in [-0.4, -0.2) is 24.0 Å². The molecule has 1 aliphatic rings. The Bertz CT molecular complexity index is 467. The highest BCUT2D eigenvalue weighted by Crippen LogP contribution is 2.20. The van der Waals surface area contributed by atoms with E-state index in [0.29, 0.717) is 12.1 Å². The lowest BCUT2D eigenvalue weighted by Gasteiger charge is -2.17. The molecule has 0 aromatic carbocycles. The predicted octanol–water partition coefficient (Wildman–Crippen LogP) is -0.00508. The van der Waals surface area contributed by atoms with Crippen LogP contribution < -0.4 is 16.2 Å². The number of nitrogens with two attached hydrogens (primary N) is 1. The van der Waals surface area contributed by atoms with Crippen molar-refractivity contribution in [2.45, 2.75) is 13.3 Å². The Hall–Kier alpha value is -1.78. The molecule has 5 heteroatoms. The number of primary amides is 1. The molecule has 1 fully saturated rings. The summed E-state index contributed by atoms with van der Waals surface area (Å²) in [6.07, 6.45) is 0.755. The summed E-state index contributed by atoms with van der Waals surface area (Å²) in [4.78, 5) is 27.2. The van der Waals surface area contributed by atoms with Gasteiger partial charge in [0, 0.05) is 18.7 Å². The van der Waals surface area contributed by atoms with E-state index in [2.05, 4.69) is 4.98 Å². The summed E-state index contributed by atoms with van der Waals surface area (Å²) in [6.45, 7) is 3.11. The van der Waals surface area contributed by atoms with E-state index in [-0.39, 0.29) is 17.4 Å². The Balaban J connectivity index is 2.17. The lowest BCUT2D eigenvalue weighted by Crippen LogP contribution is -2.28. The van der Waals surface area contributed by atoms with E-state index in [1.54, 1.807) is 13.0 Å². The number of nitrogens with one attached hydrogen (secondary N) is 1. The number of aromatic amines is 1. The number of H-pyrrole nitrogens is 1. The molecule has 1 aliphatic heterocycles. The number of carbonyl (C=O) groups excluding carboxylic acids is 1. The molecule has 0 saturated carbocycles. The second-order valence-corrected chi connectivity index (χ2v) is 4.19. The fourth-order valence-corrected chi connectivity index (χ4v) is 1.93. The molecular weight excluding hydrogens is 206 g/mol. The van der Waals surface area contributed by atoms with E-state index in [9.17, 15) is 9.59 Å². The van der Waals surface area contributed by atoms with Gasteiger partial charge in [-0.1, -0.05) is 6.07 Å². The fraction of sp³-hybridized carbons (Fsp3) is 0.455. The molecule has 1 aromatic heterocycles. The Labute approximate surface area is 93.3 Å². The normalized spacial score (nSPS) is 20.1. The molecule has 1 aromatic rings. The molecule has 16 heavy (non-hydrogen) atoms. The summed E-state index contributed by atoms with van der Waals surface area (Å²) in [5, 5.41) is 0. The summed E-state index contributed by atoms with van der Waals surface area (Å²) in [5.74, 6) is 0.390. The first-order valence-electron chi connectivity index (χ1n) is 5.32. The number of hydrogen-bond donors (Lipinski definition) is 2. The highest BCUT2D eigenvalue weighted by molar-refractivity contribution is 5.78. The Kier molecular flexibility index (Phi) is 2.68. The van der Waals surface area contributed by atoms with Gasteiger partial charge < -0.3 is 15.6 Å². The Morgan fingerprint density at radius 1 is 1.56 bits per heavy atom. The van der Waals surface area contributed by atoms with Crippen molar-refractivity contribution in [1.82, 2.24) is 4.98 Å². The molecule has 2 heterocycles. The van der Waals surface area contributed by atoms with Crippen LogP contribution in [0.1, 0.15) is 12.0 Å². The van der Waals surface area contributed by atoms with Gasteiger partial charge in [0.15, 0.2) is 0 Å². The van der Waals surface area contributed by atoms with Crippen molar-refractivity contribution < 1.29 is 4.79 Å². The number of carbonyl (C=O) groups is 1. The van der Waals surface area contributed by atoms with Crippen LogP contribution in [0.25, 0.3) is 0 Å². The molecule has 1 saturated heterocycles. The molecule has 5 nitrogen and oxygen atoms in total. The minimum atomic E-state index is -0.267. The van der Waals surface area contributed by atoms with Crippen LogP contribution in [0.5, 0.6) is 0 Å². The standard InChI is InChI=1S/C11H15N3O2/c1-7-2-3-9(13-11(7)16)14-5-4-8(6-14)10(12)15/h2-3,8H,4-6H2,1H3,(H2,12,15)(H,13,16). The van der Waals surface area contributed by atoms with Crippen LogP contribution in [-0.2, 0) is 4.79 Å². The van der Waals surface area contributed by atoms with Crippen molar-refractivity contribution >= 4 is 11.7 Å². The van der Waals surface area contributed by atoms with Crippen molar-refractivity contribution in [2.75, 3.05) is 18.0 Å². The van der Waals surface area contributed by atoms with Gasteiger partial charge in [0.2, 0.25) is 5.91 Å². The maximum Gasteiger partial charge on any atom is 0.252 e. The van der Waals surface area contributed by atoms with E-state index in [1.807, 2.05) is 11.0 Å². The van der Waals surface area contributed by atoms with Crippen LogP contribution in [0.4, 0.5) is 5.82 Å². The maximum absolute atomic E-state index is 11.4. The smallest absolute Gasteiger partial charge is 0.252 e. The predicted molar refractivity (Wildman–Crippen MR) is 61.3 cm³/mol. The summed E-state index contributed by atoms with van der Waals surface area (Å²) < 4.78 is 0. The van der Waals surface area contributed by atoms with E-state index in [0.717, 1.165) is 18.8 Å². The van der Waals surface area contributed by atoms with Gasteiger partial charge >= 0.3 is 0 Å². The van der Waals surface area contributed by atoms with Crippen molar-refractivity contribution in [3.8, 4) is 0 Å². The molecule has 0 spiro atoms. The molecule has 0 bridgehead atoms. The molecule has 1 amide bonds. The first-order valence-corrected chi connectivity index (χ1v) is 5.32. The Morgan fingerprint density at radius 3 is 2.88 bits per heavy atom. The minimum absolute atomic E-state index is 0.0833. The number of hydrogen-bond acceptors (Lipinski definition) is 3. The summed E-state index contributed by atoms with van der Waals surface area (Å²) in [6, 6.07) is 3.64. The zero-order chi connectivity index (χ0) is 11.7. The lowest BCUT2D eigenvalue weighted by molar-refractivity contribution is -0.121. The fourth-order valence-electron chi connectivity index (χ4n) is 1.93. The third kappa shape index (κ3) is 1.93. The highest BCUT2D eigenvalue weighted by atomic mass is 16.1.